The molecule has 0 unspecified atom stereocenters. The first-order chi connectivity index (χ1) is 1.91. The molecule has 0 aliphatic heterocycles. The fraction of sp³-hybridized carbons (Fsp3) is 1.00. The molecule has 0 atom stereocenters. The van der Waals surface area contributed by atoms with Crippen molar-refractivity contribution in [2.24, 2.45) is 0 Å². The molecule has 0 bridgehead atoms. The van der Waals surface area contributed by atoms with Gasteiger partial charge in [0, 0.05) is 0 Å². The van der Waals surface area contributed by atoms with Crippen LogP contribution in [-0.4, -0.2) is 6.61 Å². The molecule has 0 aromatic carbocycles. The van der Waals surface area contributed by atoms with E-state index in [0.29, 0.717) is 0 Å². The minimum Gasteiger partial charge on any atom is -0.854 e. The summed E-state index contributed by atoms with van der Waals surface area (Å²) >= 11 is 0. The van der Waals surface area contributed by atoms with Crippen molar-refractivity contribution in [1.82, 2.24) is 0 Å². The Morgan fingerprint density at radius 1 is 1.60 bits per heavy atom. The summed E-state index contributed by atoms with van der Waals surface area (Å²) in [5.74, 6) is 0. The monoisotopic (exact) mass is 98.0 g/mol. The zero-order valence-corrected chi connectivity index (χ0v) is 6.95. The van der Waals surface area contributed by atoms with Crippen molar-refractivity contribution < 1.29 is 56.5 Å². The van der Waals surface area contributed by atoms with Gasteiger partial charge in [0.1, 0.15) is 0 Å². The maximum Gasteiger partial charge on any atom is 1.00 e. The summed E-state index contributed by atoms with van der Waals surface area (Å²) in [5.41, 5.74) is 0. The molecule has 0 aromatic rings. The van der Waals surface area contributed by atoms with Crippen LogP contribution in [0.25, 0.3) is 0 Å². The van der Waals surface area contributed by atoms with E-state index in [1.165, 1.54) is 0 Å². The molecule has 0 rings (SSSR count). The standard InChI is InChI=1S/C3H7O.K/c1-2-3-4;/h2-3H2,1H3;/q-1;+1. The Hall–Kier alpha value is 1.60. The maximum absolute atomic E-state index is 9.30. The van der Waals surface area contributed by atoms with Gasteiger partial charge in [-0.2, -0.15) is 0 Å². The third kappa shape index (κ3) is 10.7. The molecule has 0 amide bonds. The van der Waals surface area contributed by atoms with Crippen LogP contribution in [0.15, 0.2) is 0 Å². The minimum atomic E-state index is 0. The summed E-state index contributed by atoms with van der Waals surface area (Å²) in [7, 11) is 0. The molecular weight excluding hydrogens is 91.1 g/mol. The number of hydrogen-bond donors (Lipinski definition) is 0. The van der Waals surface area contributed by atoms with Crippen LogP contribution >= 0.6 is 0 Å². The topological polar surface area (TPSA) is 23.1 Å². The second kappa shape index (κ2) is 9.14. The van der Waals surface area contributed by atoms with Crippen molar-refractivity contribution in [2.75, 3.05) is 6.61 Å². The van der Waals surface area contributed by atoms with Crippen molar-refractivity contribution in [3.8, 4) is 0 Å². The predicted octanol–water partition coefficient (Wildman–Crippen LogP) is -3.24. The zero-order chi connectivity index (χ0) is 3.41. The molecule has 2 heteroatoms. The first kappa shape index (κ1) is 9.78. The minimum absolute atomic E-state index is 0. The first-order valence-electron chi connectivity index (χ1n) is 1.50. The van der Waals surface area contributed by atoms with Crippen LogP contribution in [0, 0.1) is 0 Å². The van der Waals surface area contributed by atoms with Gasteiger partial charge in [-0.15, -0.1) is 6.61 Å². The van der Waals surface area contributed by atoms with Crippen LogP contribution in [0.3, 0.4) is 0 Å². The van der Waals surface area contributed by atoms with E-state index in [4.69, 9.17) is 0 Å². The number of hydrogen-bond acceptors (Lipinski definition) is 1. The normalized spacial score (nSPS) is 6.00. The molecule has 0 aliphatic carbocycles. The summed E-state index contributed by atoms with van der Waals surface area (Å²) in [4.78, 5) is 0. The van der Waals surface area contributed by atoms with Gasteiger partial charge >= 0.3 is 51.4 Å². The Bertz CT molecular complexity index is 8.85. The van der Waals surface area contributed by atoms with E-state index in [2.05, 4.69) is 0 Å². The van der Waals surface area contributed by atoms with Crippen molar-refractivity contribution in [2.45, 2.75) is 13.3 Å². The van der Waals surface area contributed by atoms with E-state index in [1.807, 2.05) is 6.92 Å². The molecule has 0 aliphatic rings. The van der Waals surface area contributed by atoms with Crippen LogP contribution < -0.4 is 56.5 Å². The summed E-state index contributed by atoms with van der Waals surface area (Å²) in [6.07, 6.45) is 0.764. The molecule has 0 spiro atoms. The van der Waals surface area contributed by atoms with E-state index in [0.717, 1.165) is 6.42 Å². The third-order valence-electron chi connectivity index (χ3n) is 0.204. The van der Waals surface area contributed by atoms with Crippen LogP contribution in [0.1, 0.15) is 13.3 Å². The molecule has 0 saturated heterocycles. The molecule has 0 radical (unpaired) electrons. The van der Waals surface area contributed by atoms with E-state index < -0.39 is 0 Å². The van der Waals surface area contributed by atoms with Gasteiger partial charge in [0.05, 0.1) is 0 Å². The van der Waals surface area contributed by atoms with E-state index >= 15 is 0 Å². The molecule has 26 valence electrons. The predicted molar refractivity (Wildman–Crippen MR) is 15.2 cm³/mol. The van der Waals surface area contributed by atoms with Crippen LogP contribution in [0.5, 0.6) is 0 Å². The molecule has 0 heterocycles. The summed E-state index contributed by atoms with van der Waals surface area (Å²) in [6.45, 7) is 1.94. The van der Waals surface area contributed by atoms with Gasteiger partial charge in [-0.1, -0.05) is 13.3 Å². The largest absolute Gasteiger partial charge is 1.00 e. The van der Waals surface area contributed by atoms with Gasteiger partial charge in [-0.25, -0.2) is 0 Å². The molecule has 1 nitrogen and oxygen atoms in total. The first-order valence-corrected chi connectivity index (χ1v) is 1.50. The second-order valence-corrected chi connectivity index (χ2v) is 0.704. The third-order valence-corrected chi connectivity index (χ3v) is 0.204. The quantitative estimate of drug-likeness (QED) is 0.316. The Kier molecular flexibility index (Phi) is 17.9. The van der Waals surface area contributed by atoms with Crippen LogP contribution in [0.4, 0.5) is 0 Å². The Morgan fingerprint density at radius 3 is 1.80 bits per heavy atom. The van der Waals surface area contributed by atoms with Crippen LogP contribution in [0.2, 0.25) is 0 Å². The second-order valence-electron chi connectivity index (χ2n) is 0.704. The SMILES string of the molecule is CCC[O-].[K+]. The van der Waals surface area contributed by atoms with E-state index in [9.17, 15) is 5.11 Å². The average molecular weight is 98.2 g/mol. The maximum atomic E-state index is 9.30. The van der Waals surface area contributed by atoms with E-state index in [-0.39, 0.29) is 58.0 Å². The van der Waals surface area contributed by atoms with Crippen molar-refractivity contribution in [1.29, 1.82) is 0 Å². The summed E-state index contributed by atoms with van der Waals surface area (Å²) in [6, 6.07) is 0. The molecular formula is C3H7KO. The fourth-order valence-electron chi connectivity index (χ4n) is 0. The molecule has 0 N–H and O–H groups in total. The van der Waals surface area contributed by atoms with Gasteiger partial charge in [0.15, 0.2) is 0 Å². The molecule has 0 fully saturated rings. The molecule has 0 aromatic heterocycles. The fourth-order valence-corrected chi connectivity index (χ4v) is 0. The van der Waals surface area contributed by atoms with Crippen molar-refractivity contribution in [3.05, 3.63) is 0 Å². The summed E-state index contributed by atoms with van der Waals surface area (Å²) in [5, 5.41) is 9.30. The van der Waals surface area contributed by atoms with Gasteiger partial charge < -0.3 is 5.11 Å². The van der Waals surface area contributed by atoms with Gasteiger partial charge in [-0.3, -0.25) is 0 Å². The van der Waals surface area contributed by atoms with Crippen molar-refractivity contribution >= 4 is 0 Å². The van der Waals surface area contributed by atoms with Gasteiger partial charge in [-0.05, 0) is 0 Å². The Morgan fingerprint density at radius 2 is 1.80 bits per heavy atom. The summed E-state index contributed by atoms with van der Waals surface area (Å²) < 4.78 is 0. The Balaban J connectivity index is 0. The molecule has 5 heavy (non-hydrogen) atoms. The van der Waals surface area contributed by atoms with Gasteiger partial charge in [0.2, 0.25) is 0 Å². The van der Waals surface area contributed by atoms with E-state index in [1.54, 1.807) is 0 Å². The average Bonchev–Trinajstić information content (AvgIpc) is 1.37. The van der Waals surface area contributed by atoms with Crippen LogP contribution in [-0.2, 0) is 0 Å². The number of rotatable bonds is 1. The Labute approximate surface area is 75.2 Å². The smallest absolute Gasteiger partial charge is 0.854 e. The molecule has 0 saturated carbocycles. The van der Waals surface area contributed by atoms with Gasteiger partial charge in [0.25, 0.3) is 0 Å². The van der Waals surface area contributed by atoms with Crippen molar-refractivity contribution in [3.63, 3.8) is 0 Å². The zero-order valence-electron chi connectivity index (χ0n) is 3.82.